The van der Waals surface area contributed by atoms with E-state index in [-0.39, 0.29) is 12.5 Å². The maximum absolute atomic E-state index is 11.9. The number of carbonyl (C=O) groups excluding carboxylic acids is 1. The molecule has 2 rings (SSSR count). The Hall–Kier alpha value is -2.01. The molecule has 4 nitrogen and oxygen atoms in total. The lowest BCUT2D eigenvalue weighted by atomic mass is 10.2. The summed E-state index contributed by atoms with van der Waals surface area (Å²) in [6.45, 7) is -0.0297. The molecule has 0 aliphatic carbocycles. The summed E-state index contributed by atoms with van der Waals surface area (Å²) in [5, 5.41) is 2.80. The quantitative estimate of drug-likeness (QED) is 0.898. The van der Waals surface area contributed by atoms with E-state index in [1.165, 1.54) is 0 Å². The summed E-state index contributed by atoms with van der Waals surface area (Å²) in [5.41, 5.74) is 1.83. The molecular formula is C16H17BrN2O2. The van der Waals surface area contributed by atoms with E-state index in [0.29, 0.717) is 5.75 Å². The highest BCUT2D eigenvalue weighted by molar-refractivity contribution is 9.10. The van der Waals surface area contributed by atoms with Crippen molar-refractivity contribution >= 4 is 33.2 Å². The van der Waals surface area contributed by atoms with Crippen LogP contribution in [0.1, 0.15) is 0 Å². The average Bonchev–Trinajstić information content (AvgIpc) is 2.47. The molecule has 1 N–H and O–H groups in total. The van der Waals surface area contributed by atoms with Crippen molar-refractivity contribution in [3.63, 3.8) is 0 Å². The van der Waals surface area contributed by atoms with E-state index in [1.54, 1.807) is 0 Å². The van der Waals surface area contributed by atoms with Crippen molar-refractivity contribution in [2.75, 3.05) is 30.9 Å². The maximum Gasteiger partial charge on any atom is 0.262 e. The zero-order chi connectivity index (χ0) is 15.2. The van der Waals surface area contributed by atoms with Gasteiger partial charge < -0.3 is 15.0 Å². The largest absolute Gasteiger partial charge is 0.483 e. The standard InChI is InChI=1S/C16H17BrN2O2/c1-19(2)13-9-7-12(8-10-13)18-16(20)11-21-15-6-4-3-5-14(15)17/h3-10H,11H2,1-2H3,(H,18,20). The van der Waals surface area contributed by atoms with Crippen LogP contribution in [0.5, 0.6) is 5.75 Å². The summed E-state index contributed by atoms with van der Waals surface area (Å²) >= 11 is 3.37. The van der Waals surface area contributed by atoms with Gasteiger partial charge in [0.25, 0.3) is 5.91 Å². The predicted molar refractivity (Wildman–Crippen MR) is 89.0 cm³/mol. The number of benzene rings is 2. The number of carbonyl (C=O) groups is 1. The molecule has 0 heterocycles. The maximum atomic E-state index is 11.9. The third-order valence-corrected chi connectivity index (χ3v) is 3.52. The van der Waals surface area contributed by atoms with Gasteiger partial charge in [0, 0.05) is 25.5 Å². The number of anilines is 2. The van der Waals surface area contributed by atoms with E-state index in [1.807, 2.05) is 67.5 Å². The minimum atomic E-state index is -0.191. The van der Waals surface area contributed by atoms with Crippen molar-refractivity contribution in [2.24, 2.45) is 0 Å². The molecule has 21 heavy (non-hydrogen) atoms. The number of rotatable bonds is 5. The Morgan fingerprint density at radius 2 is 1.81 bits per heavy atom. The van der Waals surface area contributed by atoms with Gasteiger partial charge in [0.1, 0.15) is 5.75 Å². The van der Waals surface area contributed by atoms with E-state index >= 15 is 0 Å². The fraction of sp³-hybridized carbons (Fsp3) is 0.188. The van der Waals surface area contributed by atoms with Gasteiger partial charge in [0.05, 0.1) is 4.47 Å². The molecule has 5 heteroatoms. The summed E-state index contributed by atoms with van der Waals surface area (Å²) in [4.78, 5) is 13.9. The van der Waals surface area contributed by atoms with Crippen LogP contribution in [-0.2, 0) is 4.79 Å². The molecular weight excluding hydrogens is 332 g/mol. The molecule has 1 amide bonds. The first-order valence-corrected chi connectivity index (χ1v) is 7.30. The van der Waals surface area contributed by atoms with Gasteiger partial charge in [0.2, 0.25) is 0 Å². The first-order valence-electron chi connectivity index (χ1n) is 6.51. The molecule has 2 aromatic carbocycles. The van der Waals surface area contributed by atoms with Crippen LogP contribution in [0.3, 0.4) is 0 Å². The Kier molecular flexibility index (Phi) is 5.22. The minimum Gasteiger partial charge on any atom is -0.483 e. The van der Waals surface area contributed by atoms with Crippen molar-refractivity contribution in [1.82, 2.24) is 0 Å². The first-order chi connectivity index (χ1) is 10.1. The minimum absolute atomic E-state index is 0.0297. The fourth-order valence-corrected chi connectivity index (χ4v) is 2.14. The molecule has 0 aliphatic heterocycles. The number of amides is 1. The predicted octanol–water partition coefficient (Wildman–Crippen LogP) is 3.53. The lowest BCUT2D eigenvalue weighted by Crippen LogP contribution is -2.20. The zero-order valence-corrected chi connectivity index (χ0v) is 13.6. The average molecular weight is 349 g/mol. The third-order valence-electron chi connectivity index (χ3n) is 2.86. The van der Waals surface area contributed by atoms with Gasteiger partial charge in [-0.15, -0.1) is 0 Å². The van der Waals surface area contributed by atoms with Crippen LogP contribution < -0.4 is 15.0 Å². The summed E-state index contributed by atoms with van der Waals surface area (Å²) in [6, 6.07) is 15.1. The highest BCUT2D eigenvalue weighted by Crippen LogP contribution is 2.23. The molecule has 0 atom stereocenters. The second-order valence-corrected chi connectivity index (χ2v) is 5.56. The molecule has 0 fully saturated rings. The fourth-order valence-electron chi connectivity index (χ4n) is 1.75. The molecule has 0 saturated heterocycles. The van der Waals surface area contributed by atoms with E-state index in [9.17, 15) is 4.79 Å². The molecule has 2 aromatic rings. The van der Waals surface area contributed by atoms with Crippen molar-refractivity contribution in [3.05, 3.63) is 53.0 Å². The first kappa shape index (κ1) is 15.4. The molecule has 0 unspecified atom stereocenters. The van der Waals surface area contributed by atoms with Crippen LogP contribution in [0.4, 0.5) is 11.4 Å². The highest BCUT2D eigenvalue weighted by Gasteiger charge is 2.06. The monoisotopic (exact) mass is 348 g/mol. The number of halogens is 1. The Balaban J connectivity index is 1.88. The summed E-state index contributed by atoms with van der Waals surface area (Å²) in [6.07, 6.45) is 0. The Morgan fingerprint density at radius 3 is 2.43 bits per heavy atom. The van der Waals surface area contributed by atoms with Crippen LogP contribution in [-0.4, -0.2) is 26.6 Å². The van der Waals surface area contributed by atoms with E-state index in [2.05, 4.69) is 21.2 Å². The SMILES string of the molecule is CN(C)c1ccc(NC(=O)COc2ccccc2Br)cc1. The van der Waals surface area contributed by atoms with E-state index in [0.717, 1.165) is 15.8 Å². The normalized spacial score (nSPS) is 10.0. The van der Waals surface area contributed by atoms with Crippen LogP contribution in [0.2, 0.25) is 0 Å². The summed E-state index contributed by atoms with van der Waals surface area (Å²) in [5.74, 6) is 0.457. The molecule has 0 spiro atoms. The second-order valence-electron chi connectivity index (χ2n) is 4.71. The topological polar surface area (TPSA) is 41.6 Å². The number of ether oxygens (including phenoxy) is 1. The second kappa shape index (κ2) is 7.13. The van der Waals surface area contributed by atoms with Gasteiger partial charge in [-0.3, -0.25) is 4.79 Å². The number of hydrogen-bond acceptors (Lipinski definition) is 3. The van der Waals surface area contributed by atoms with Crippen molar-refractivity contribution in [1.29, 1.82) is 0 Å². The van der Waals surface area contributed by atoms with Crippen LogP contribution in [0, 0.1) is 0 Å². The van der Waals surface area contributed by atoms with Crippen LogP contribution in [0.15, 0.2) is 53.0 Å². The lowest BCUT2D eigenvalue weighted by Gasteiger charge is -2.13. The number of nitrogens with zero attached hydrogens (tertiary/aromatic N) is 1. The van der Waals surface area contributed by atoms with Crippen molar-refractivity contribution in [3.8, 4) is 5.75 Å². The molecule has 0 aliphatic rings. The number of para-hydroxylation sites is 1. The van der Waals surface area contributed by atoms with Crippen molar-refractivity contribution in [2.45, 2.75) is 0 Å². The molecule has 0 radical (unpaired) electrons. The van der Waals surface area contributed by atoms with Crippen LogP contribution >= 0.6 is 15.9 Å². The van der Waals surface area contributed by atoms with Gasteiger partial charge in [0.15, 0.2) is 6.61 Å². The van der Waals surface area contributed by atoms with Gasteiger partial charge in [-0.1, -0.05) is 12.1 Å². The number of nitrogens with one attached hydrogen (secondary N) is 1. The molecule has 0 bridgehead atoms. The zero-order valence-electron chi connectivity index (χ0n) is 12.0. The van der Waals surface area contributed by atoms with Gasteiger partial charge in [-0.25, -0.2) is 0 Å². The molecule has 0 saturated carbocycles. The summed E-state index contributed by atoms with van der Waals surface area (Å²) in [7, 11) is 3.94. The van der Waals surface area contributed by atoms with E-state index < -0.39 is 0 Å². The highest BCUT2D eigenvalue weighted by atomic mass is 79.9. The Morgan fingerprint density at radius 1 is 1.14 bits per heavy atom. The lowest BCUT2D eigenvalue weighted by molar-refractivity contribution is -0.118. The summed E-state index contributed by atoms with van der Waals surface area (Å²) < 4.78 is 6.29. The Bertz CT molecular complexity index is 612. The molecule has 110 valence electrons. The number of hydrogen-bond donors (Lipinski definition) is 1. The molecule has 0 aromatic heterocycles. The smallest absolute Gasteiger partial charge is 0.262 e. The van der Waals surface area contributed by atoms with Gasteiger partial charge >= 0.3 is 0 Å². The van der Waals surface area contributed by atoms with E-state index in [4.69, 9.17) is 4.74 Å². The third kappa shape index (κ3) is 4.49. The van der Waals surface area contributed by atoms with Crippen LogP contribution in [0.25, 0.3) is 0 Å². The Labute approximate surface area is 132 Å². The van der Waals surface area contributed by atoms with Gasteiger partial charge in [-0.05, 0) is 52.3 Å². The van der Waals surface area contributed by atoms with Gasteiger partial charge in [-0.2, -0.15) is 0 Å². The van der Waals surface area contributed by atoms with Crippen molar-refractivity contribution < 1.29 is 9.53 Å².